The zero-order valence-corrected chi connectivity index (χ0v) is 10.2. The summed E-state index contributed by atoms with van der Waals surface area (Å²) in [4.78, 5) is 22.3. The number of amides is 1. The summed E-state index contributed by atoms with van der Waals surface area (Å²) in [5.74, 6) is -3.55. The Balaban J connectivity index is 2.02. The smallest absolute Gasteiger partial charge is 0.325 e. The average molecular weight is 269 g/mol. The maximum Gasteiger partial charge on any atom is 0.325 e. The summed E-state index contributed by atoms with van der Waals surface area (Å²) >= 11 is 0. The molecule has 2 N–H and O–H groups in total. The summed E-state index contributed by atoms with van der Waals surface area (Å²) in [5, 5.41) is 11.0. The van der Waals surface area contributed by atoms with Gasteiger partial charge in [-0.2, -0.15) is 0 Å². The van der Waals surface area contributed by atoms with E-state index in [2.05, 4.69) is 5.32 Å². The Morgan fingerprint density at radius 3 is 2.74 bits per heavy atom. The summed E-state index contributed by atoms with van der Waals surface area (Å²) in [6, 6.07) is 2.13. The van der Waals surface area contributed by atoms with E-state index in [0.29, 0.717) is 6.42 Å². The zero-order valence-electron chi connectivity index (χ0n) is 10.2. The molecule has 0 radical (unpaired) electrons. The van der Waals surface area contributed by atoms with E-state index in [9.17, 15) is 18.4 Å². The molecule has 0 aromatic heterocycles. The molecule has 2 unspecified atom stereocenters. The highest BCUT2D eigenvalue weighted by atomic mass is 19.1. The van der Waals surface area contributed by atoms with Crippen molar-refractivity contribution in [2.24, 2.45) is 5.92 Å². The van der Waals surface area contributed by atoms with Crippen molar-refractivity contribution in [3.05, 3.63) is 35.4 Å². The fourth-order valence-electron chi connectivity index (χ4n) is 2.01. The number of hydrogen-bond acceptors (Lipinski definition) is 2. The lowest BCUT2D eigenvalue weighted by Crippen LogP contribution is -2.39. The molecule has 0 bridgehead atoms. The van der Waals surface area contributed by atoms with Crippen LogP contribution in [0, 0.1) is 17.6 Å². The minimum absolute atomic E-state index is 0.170. The first-order valence-corrected chi connectivity index (χ1v) is 5.88. The lowest BCUT2D eigenvalue weighted by Gasteiger charge is -2.09. The topological polar surface area (TPSA) is 66.4 Å². The molecular formula is C13H13F2NO3. The second-order valence-electron chi connectivity index (χ2n) is 4.68. The second-order valence-corrected chi connectivity index (χ2v) is 4.68. The van der Waals surface area contributed by atoms with Gasteiger partial charge in [-0.3, -0.25) is 9.59 Å². The van der Waals surface area contributed by atoms with E-state index >= 15 is 0 Å². The Labute approximate surface area is 108 Å². The van der Waals surface area contributed by atoms with Gasteiger partial charge in [0.2, 0.25) is 5.91 Å². The van der Waals surface area contributed by atoms with Gasteiger partial charge in [0.25, 0.3) is 0 Å². The van der Waals surface area contributed by atoms with Crippen LogP contribution in [0.25, 0.3) is 0 Å². The third kappa shape index (κ3) is 2.89. The van der Waals surface area contributed by atoms with E-state index in [0.717, 1.165) is 18.2 Å². The van der Waals surface area contributed by atoms with Crippen molar-refractivity contribution in [2.75, 3.05) is 0 Å². The summed E-state index contributed by atoms with van der Waals surface area (Å²) in [6.45, 7) is 1.35. The molecule has 1 aliphatic rings. The molecule has 102 valence electrons. The molecule has 1 fully saturated rings. The fourth-order valence-corrected chi connectivity index (χ4v) is 2.01. The number of hydrogen-bond donors (Lipinski definition) is 2. The molecule has 1 amide bonds. The first-order chi connectivity index (χ1) is 8.90. The highest BCUT2D eigenvalue weighted by Gasteiger charge is 2.45. The van der Waals surface area contributed by atoms with Crippen molar-refractivity contribution in [3.8, 4) is 0 Å². The van der Waals surface area contributed by atoms with E-state index in [1.165, 1.54) is 6.92 Å². The largest absolute Gasteiger partial charge is 0.480 e. The summed E-state index contributed by atoms with van der Waals surface area (Å²) in [7, 11) is 0. The van der Waals surface area contributed by atoms with Crippen LogP contribution in [-0.4, -0.2) is 23.0 Å². The molecule has 3 atom stereocenters. The van der Waals surface area contributed by atoms with Crippen LogP contribution in [0.5, 0.6) is 0 Å². The van der Waals surface area contributed by atoms with Gasteiger partial charge < -0.3 is 10.4 Å². The van der Waals surface area contributed by atoms with Gasteiger partial charge >= 0.3 is 5.97 Å². The Hall–Kier alpha value is -1.98. The highest BCUT2D eigenvalue weighted by Crippen LogP contribution is 2.48. The van der Waals surface area contributed by atoms with Gasteiger partial charge in [0.15, 0.2) is 0 Å². The number of aliphatic carboxylic acids is 1. The first kappa shape index (κ1) is 13.5. The number of carboxylic acid groups (broad SMARTS) is 1. The molecule has 0 saturated heterocycles. The van der Waals surface area contributed by atoms with Crippen LogP contribution in [-0.2, 0) is 9.59 Å². The lowest BCUT2D eigenvalue weighted by atomic mass is 10.1. The third-order valence-corrected chi connectivity index (χ3v) is 3.21. The predicted octanol–water partition coefficient (Wildman–Crippen LogP) is 1.66. The van der Waals surface area contributed by atoms with Crippen LogP contribution < -0.4 is 5.32 Å². The number of carbonyl (C=O) groups excluding carboxylic acids is 1. The SMILES string of the molecule is C[C@@H](NC(=O)C1CC1c1cc(F)ccc1F)C(=O)O. The van der Waals surface area contributed by atoms with Crippen LogP contribution >= 0.6 is 0 Å². The zero-order chi connectivity index (χ0) is 14.2. The number of carbonyl (C=O) groups is 2. The Morgan fingerprint density at radius 1 is 1.42 bits per heavy atom. The quantitative estimate of drug-likeness (QED) is 0.873. The highest BCUT2D eigenvalue weighted by molar-refractivity contribution is 5.87. The van der Waals surface area contributed by atoms with Gasteiger partial charge in [0.1, 0.15) is 17.7 Å². The predicted molar refractivity (Wildman–Crippen MR) is 62.4 cm³/mol. The molecule has 4 nitrogen and oxygen atoms in total. The van der Waals surface area contributed by atoms with Gasteiger partial charge in [-0.25, -0.2) is 8.78 Å². The van der Waals surface area contributed by atoms with Crippen molar-refractivity contribution in [2.45, 2.75) is 25.3 Å². The molecule has 0 aliphatic heterocycles. The maximum atomic E-state index is 13.5. The first-order valence-electron chi connectivity index (χ1n) is 5.88. The Kier molecular flexibility index (Phi) is 3.50. The van der Waals surface area contributed by atoms with E-state index in [1.54, 1.807) is 0 Å². The van der Waals surface area contributed by atoms with Crippen molar-refractivity contribution in [1.29, 1.82) is 0 Å². The van der Waals surface area contributed by atoms with Gasteiger partial charge in [-0.05, 0) is 43.0 Å². The van der Waals surface area contributed by atoms with Crippen LogP contribution in [0.4, 0.5) is 8.78 Å². The molecule has 6 heteroatoms. The van der Waals surface area contributed by atoms with E-state index in [-0.39, 0.29) is 11.5 Å². The minimum atomic E-state index is -1.14. The van der Waals surface area contributed by atoms with Crippen molar-refractivity contribution in [3.63, 3.8) is 0 Å². The molecule has 1 aliphatic carbocycles. The molecule has 1 aromatic carbocycles. The van der Waals surface area contributed by atoms with Gasteiger partial charge in [0.05, 0.1) is 0 Å². The number of halogens is 2. The number of carboxylic acids is 1. The summed E-state index contributed by atoms with van der Waals surface area (Å²) in [6.07, 6.45) is 0.401. The second kappa shape index (κ2) is 4.95. The third-order valence-electron chi connectivity index (χ3n) is 3.21. The van der Waals surface area contributed by atoms with Crippen LogP contribution in [0.3, 0.4) is 0 Å². The minimum Gasteiger partial charge on any atom is -0.480 e. The maximum absolute atomic E-state index is 13.5. The number of benzene rings is 1. The van der Waals surface area contributed by atoms with Crippen LogP contribution in [0.1, 0.15) is 24.8 Å². The fraction of sp³-hybridized carbons (Fsp3) is 0.385. The van der Waals surface area contributed by atoms with E-state index in [4.69, 9.17) is 5.11 Å². The number of nitrogens with one attached hydrogen (secondary N) is 1. The average Bonchev–Trinajstić information content (AvgIpc) is 3.12. The van der Waals surface area contributed by atoms with Gasteiger partial charge in [-0.15, -0.1) is 0 Å². The van der Waals surface area contributed by atoms with E-state index < -0.39 is 35.5 Å². The lowest BCUT2D eigenvalue weighted by molar-refractivity contribution is -0.141. The monoisotopic (exact) mass is 269 g/mol. The van der Waals surface area contributed by atoms with Crippen molar-refractivity contribution in [1.82, 2.24) is 5.32 Å². The van der Waals surface area contributed by atoms with Crippen LogP contribution in [0.2, 0.25) is 0 Å². The Morgan fingerprint density at radius 2 is 2.11 bits per heavy atom. The van der Waals surface area contributed by atoms with Crippen molar-refractivity contribution < 1.29 is 23.5 Å². The van der Waals surface area contributed by atoms with E-state index in [1.807, 2.05) is 0 Å². The molecule has 0 heterocycles. The summed E-state index contributed by atoms with van der Waals surface area (Å²) < 4.78 is 26.5. The number of rotatable bonds is 4. The Bertz CT molecular complexity index is 533. The molecule has 1 saturated carbocycles. The standard InChI is InChI=1S/C13H13F2NO3/c1-6(13(18)19)16-12(17)10-5-8(10)9-4-7(14)2-3-11(9)15/h2-4,6,8,10H,5H2,1H3,(H,16,17)(H,18,19)/t6-,8?,10?/m1/s1. The molecule has 19 heavy (non-hydrogen) atoms. The molecular weight excluding hydrogens is 256 g/mol. The normalized spacial score (nSPS) is 22.7. The molecule has 1 aromatic rings. The molecule has 0 spiro atoms. The van der Waals surface area contributed by atoms with Crippen molar-refractivity contribution >= 4 is 11.9 Å². The molecule has 2 rings (SSSR count). The van der Waals surface area contributed by atoms with Gasteiger partial charge in [0, 0.05) is 5.92 Å². The van der Waals surface area contributed by atoms with Crippen LogP contribution in [0.15, 0.2) is 18.2 Å². The summed E-state index contributed by atoms with van der Waals surface area (Å²) in [5.41, 5.74) is 0.170. The van der Waals surface area contributed by atoms with Gasteiger partial charge in [-0.1, -0.05) is 0 Å².